The first-order valence-electron chi connectivity index (χ1n) is 5.98. The van der Waals surface area contributed by atoms with Gasteiger partial charge < -0.3 is 4.74 Å². The van der Waals surface area contributed by atoms with E-state index in [1.165, 1.54) is 19.2 Å². The summed E-state index contributed by atoms with van der Waals surface area (Å²) in [5.74, 6) is -1.58. The minimum Gasteiger partial charge on any atom is -0.380 e. The molecule has 4 nitrogen and oxygen atoms in total. The Labute approximate surface area is 121 Å². The summed E-state index contributed by atoms with van der Waals surface area (Å²) < 4.78 is 57.7. The van der Waals surface area contributed by atoms with Crippen LogP contribution in [0.3, 0.4) is 0 Å². The highest BCUT2D eigenvalue weighted by atomic mass is 32.2. The molecule has 0 saturated carbocycles. The normalized spacial score (nSPS) is 11.4. The van der Waals surface area contributed by atoms with E-state index in [2.05, 4.69) is 0 Å². The largest absolute Gasteiger partial charge is 0.380 e. The summed E-state index contributed by atoms with van der Waals surface area (Å²) in [6, 6.07) is 8.45. The average molecular weight is 313 g/mol. The highest BCUT2D eigenvalue weighted by Crippen LogP contribution is 2.20. The van der Waals surface area contributed by atoms with Gasteiger partial charge in [0, 0.05) is 13.2 Å². The van der Waals surface area contributed by atoms with Crippen molar-refractivity contribution in [3.05, 3.63) is 59.7 Å². The molecule has 1 N–H and O–H groups in total. The Balaban J connectivity index is 2.27. The lowest BCUT2D eigenvalue weighted by molar-refractivity contribution is 0.185. The summed E-state index contributed by atoms with van der Waals surface area (Å²) in [5.41, 5.74) is 0.365. The molecular formula is C14H13F2NO3S. The van der Waals surface area contributed by atoms with Gasteiger partial charge in [0.1, 0.15) is 11.6 Å². The third-order valence-electron chi connectivity index (χ3n) is 2.72. The SMILES string of the molecule is COCc1ccc(S(=O)(=O)Nc2cc(F)ccc2F)cc1. The van der Waals surface area contributed by atoms with E-state index in [0.29, 0.717) is 6.61 Å². The highest BCUT2D eigenvalue weighted by Gasteiger charge is 2.16. The maximum atomic E-state index is 13.5. The van der Waals surface area contributed by atoms with E-state index in [9.17, 15) is 17.2 Å². The van der Waals surface area contributed by atoms with E-state index in [1.54, 1.807) is 12.1 Å². The first-order valence-corrected chi connectivity index (χ1v) is 7.46. The van der Waals surface area contributed by atoms with E-state index in [4.69, 9.17) is 4.74 Å². The van der Waals surface area contributed by atoms with Gasteiger partial charge in [-0.3, -0.25) is 4.72 Å². The molecule has 0 bridgehead atoms. The lowest BCUT2D eigenvalue weighted by Gasteiger charge is -2.09. The maximum absolute atomic E-state index is 13.5. The summed E-state index contributed by atoms with van der Waals surface area (Å²) in [4.78, 5) is -0.0500. The van der Waals surface area contributed by atoms with Crippen LogP contribution in [0.5, 0.6) is 0 Å². The fourth-order valence-electron chi connectivity index (χ4n) is 1.71. The standard InChI is InChI=1S/C14H13F2NO3S/c1-20-9-10-2-5-12(6-3-10)21(18,19)17-14-8-11(15)4-7-13(14)16/h2-8,17H,9H2,1H3. The molecule has 2 rings (SSSR count). The van der Waals surface area contributed by atoms with Crippen LogP contribution in [0.4, 0.5) is 14.5 Å². The predicted molar refractivity (Wildman–Crippen MR) is 74.3 cm³/mol. The monoisotopic (exact) mass is 313 g/mol. The van der Waals surface area contributed by atoms with Crippen LogP contribution in [-0.2, 0) is 21.4 Å². The Kier molecular flexibility index (Phi) is 4.54. The number of ether oxygens (including phenoxy) is 1. The number of benzene rings is 2. The van der Waals surface area contributed by atoms with Crippen molar-refractivity contribution in [2.75, 3.05) is 11.8 Å². The van der Waals surface area contributed by atoms with Gasteiger partial charge in [-0.2, -0.15) is 0 Å². The second-order valence-electron chi connectivity index (χ2n) is 4.31. The molecule has 112 valence electrons. The van der Waals surface area contributed by atoms with E-state index in [0.717, 1.165) is 23.8 Å². The molecule has 2 aromatic rings. The lowest BCUT2D eigenvalue weighted by atomic mass is 10.2. The first kappa shape index (κ1) is 15.4. The zero-order valence-corrected chi connectivity index (χ0v) is 12.0. The number of rotatable bonds is 5. The molecule has 0 aliphatic heterocycles. The van der Waals surface area contributed by atoms with Crippen LogP contribution in [0.1, 0.15) is 5.56 Å². The van der Waals surface area contributed by atoms with Crippen molar-refractivity contribution in [3.8, 4) is 0 Å². The third kappa shape index (κ3) is 3.77. The fourth-order valence-corrected chi connectivity index (χ4v) is 2.77. The van der Waals surface area contributed by atoms with Crippen molar-refractivity contribution in [1.29, 1.82) is 0 Å². The van der Waals surface area contributed by atoms with Gasteiger partial charge in [-0.15, -0.1) is 0 Å². The van der Waals surface area contributed by atoms with Gasteiger partial charge in [0.15, 0.2) is 0 Å². The average Bonchev–Trinajstić information content (AvgIpc) is 2.44. The number of nitrogens with one attached hydrogen (secondary N) is 1. The molecule has 0 heterocycles. The van der Waals surface area contributed by atoms with Crippen molar-refractivity contribution in [2.24, 2.45) is 0 Å². The molecule has 2 aromatic carbocycles. The van der Waals surface area contributed by atoms with E-state index < -0.39 is 27.3 Å². The number of hydrogen-bond acceptors (Lipinski definition) is 3. The van der Waals surface area contributed by atoms with Crippen LogP contribution >= 0.6 is 0 Å². The zero-order chi connectivity index (χ0) is 15.5. The van der Waals surface area contributed by atoms with Gasteiger partial charge in [-0.25, -0.2) is 17.2 Å². The number of methoxy groups -OCH3 is 1. The molecular weight excluding hydrogens is 300 g/mol. The number of sulfonamides is 1. The van der Waals surface area contributed by atoms with Gasteiger partial charge in [0.2, 0.25) is 0 Å². The van der Waals surface area contributed by atoms with Crippen molar-refractivity contribution in [3.63, 3.8) is 0 Å². The smallest absolute Gasteiger partial charge is 0.261 e. The minimum absolute atomic E-state index is 0.0500. The quantitative estimate of drug-likeness (QED) is 0.923. The van der Waals surface area contributed by atoms with E-state index in [1.807, 2.05) is 4.72 Å². The molecule has 21 heavy (non-hydrogen) atoms. The molecule has 0 saturated heterocycles. The first-order chi connectivity index (χ1) is 9.92. The van der Waals surface area contributed by atoms with Crippen LogP contribution in [0.2, 0.25) is 0 Å². The molecule has 0 atom stereocenters. The Morgan fingerprint density at radius 1 is 1.10 bits per heavy atom. The maximum Gasteiger partial charge on any atom is 0.261 e. The van der Waals surface area contributed by atoms with Crippen molar-refractivity contribution >= 4 is 15.7 Å². The fraction of sp³-hybridized carbons (Fsp3) is 0.143. The zero-order valence-electron chi connectivity index (χ0n) is 11.1. The van der Waals surface area contributed by atoms with Crippen molar-refractivity contribution < 1.29 is 21.9 Å². The van der Waals surface area contributed by atoms with E-state index in [-0.39, 0.29) is 4.90 Å². The highest BCUT2D eigenvalue weighted by molar-refractivity contribution is 7.92. The lowest BCUT2D eigenvalue weighted by Crippen LogP contribution is -2.14. The summed E-state index contributed by atoms with van der Waals surface area (Å²) in [7, 11) is -2.46. The second-order valence-corrected chi connectivity index (χ2v) is 5.99. The number of halogens is 2. The van der Waals surface area contributed by atoms with Gasteiger partial charge in [-0.05, 0) is 29.8 Å². The number of hydrogen-bond donors (Lipinski definition) is 1. The van der Waals surface area contributed by atoms with Gasteiger partial charge >= 0.3 is 0 Å². The Morgan fingerprint density at radius 2 is 1.76 bits per heavy atom. The van der Waals surface area contributed by atoms with Crippen LogP contribution in [-0.4, -0.2) is 15.5 Å². The van der Waals surface area contributed by atoms with Crippen molar-refractivity contribution in [2.45, 2.75) is 11.5 Å². The topological polar surface area (TPSA) is 55.4 Å². The molecule has 0 fully saturated rings. The Morgan fingerprint density at radius 3 is 2.38 bits per heavy atom. The van der Waals surface area contributed by atoms with E-state index >= 15 is 0 Å². The molecule has 0 aromatic heterocycles. The second kappa shape index (κ2) is 6.19. The van der Waals surface area contributed by atoms with Gasteiger partial charge in [0.05, 0.1) is 17.2 Å². The Bertz CT molecular complexity index is 730. The van der Waals surface area contributed by atoms with Crippen LogP contribution in [0.25, 0.3) is 0 Å². The molecule has 0 amide bonds. The molecule has 7 heteroatoms. The summed E-state index contributed by atoms with van der Waals surface area (Å²) in [5, 5.41) is 0. The molecule has 0 aliphatic rings. The molecule has 0 radical (unpaired) electrons. The van der Waals surface area contributed by atoms with Gasteiger partial charge in [0.25, 0.3) is 10.0 Å². The molecule has 0 unspecified atom stereocenters. The molecule has 0 aliphatic carbocycles. The Hall–Kier alpha value is -1.99. The summed E-state index contributed by atoms with van der Waals surface area (Å²) in [6.45, 7) is 0.353. The minimum atomic E-state index is -3.98. The third-order valence-corrected chi connectivity index (χ3v) is 4.10. The van der Waals surface area contributed by atoms with Crippen LogP contribution in [0.15, 0.2) is 47.4 Å². The summed E-state index contributed by atoms with van der Waals surface area (Å²) in [6.07, 6.45) is 0. The summed E-state index contributed by atoms with van der Waals surface area (Å²) >= 11 is 0. The van der Waals surface area contributed by atoms with Crippen LogP contribution < -0.4 is 4.72 Å². The van der Waals surface area contributed by atoms with Crippen molar-refractivity contribution in [1.82, 2.24) is 0 Å². The van der Waals surface area contributed by atoms with Gasteiger partial charge in [-0.1, -0.05) is 12.1 Å². The molecule has 0 spiro atoms. The van der Waals surface area contributed by atoms with Crippen LogP contribution in [0, 0.1) is 11.6 Å². The predicted octanol–water partition coefficient (Wildman–Crippen LogP) is 2.91. The number of anilines is 1.